The van der Waals surface area contributed by atoms with E-state index in [4.69, 9.17) is 4.74 Å². The van der Waals surface area contributed by atoms with Gasteiger partial charge in [-0.15, -0.1) is 0 Å². The molecule has 0 aromatic carbocycles. The topological polar surface area (TPSA) is 41.5 Å². The van der Waals surface area contributed by atoms with Gasteiger partial charge in [-0.25, -0.2) is 0 Å². The molecule has 0 aliphatic heterocycles. The first-order chi connectivity index (χ1) is 7.63. The fourth-order valence-corrected chi connectivity index (χ4v) is 2.38. The van der Waals surface area contributed by atoms with Crippen LogP contribution in [0.15, 0.2) is 0 Å². The van der Waals surface area contributed by atoms with Gasteiger partial charge in [0.05, 0.1) is 11.7 Å². The molecule has 2 atom stereocenters. The summed E-state index contributed by atoms with van der Waals surface area (Å²) in [5.41, 5.74) is -0.528. The summed E-state index contributed by atoms with van der Waals surface area (Å²) in [6, 6.07) is 0.517. The second kappa shape index (κ2) is 6.58. The fourth-order valence-electron chi connectivity index (χ4n) is 2.38. The molecule has 3 nitrogen and oxygen atoms in total. The second-order valence-electron chi connectivity index (χ2n) is 5.03. The fraction of sp³-hybridized carbons (Fsp3) is 1.00. The number of rotatable bonds is 6. The molecule has 3 heteroatoms. The maximum Gasteiger partial charge on any atom is 0.0766 e. The van der Waals surface area contributed by atoms with Crippen LogP contribution in [0.3, 0.4) is 0 Å². The Morgan fingerprint density at radius 1 is 1.31 bits per heavy atom. The molecule has 16 heavy (non-hydrogen) atoms. The Morgan fingerprint density at radius 2 is 2.00 bits per heavy atom. The van der Waals surface area contributed by atoms with Crippen molar-refractivity contribution >= 4 is 0 Å². The highest BCUT2D eigenvalue weighted by molar-refractivity contribution is 4.83. The predicted molar refractivity (Wildman–Crippen MR) is 66.6 cm³/mol. The first-order valence-electron chi connectivity index (χ1n) is 6.62. The van der Waals surface area contributed by atoms with Crippen molar-refractivity contribution in [1.82, 2.24) is 5.32 Å². The Bertz CT molecular complexity index is 192. The molecule has 96 valence electrons. The third-order valence-corrected chi connectivity index (χ3v) is 4.00. The zero-order valence-electron chi connectivity index (χ0n) is 11.0. The minimum atomic E-state index is -0.528. The Labute approximate surface area is 99.6 Å². The molecule has 0 spiro atoms. The average Bonchev–Trinajstić information content (AvgIpc) is 2.36. The van der Waals surface area contributed by atoms with Gasteiger partial charge in [0.15, 0.2) is 0 Å². The lowest BCUT2D eigenvalue weighted by Gasteiger charge is -2.33. The largest absolute Gasteiger partial charge is 0.389 e. The molecule has 0 bridgehead atoms. The SMILES string of the molecule is CCC(O)(CC)CNC1CCCC(OC)C1. The van der Waals surface area contributed by atoms with Gasteiger partial charge in [-0.2, -0.15) is 0 Å². The Morgan fingerprint density at radius 3 is 2.56 bits per heavy atom. The van der Waals surface area contributed by atoms with E-state index < -0.39 is 5.60 Å². The third-order valence-electron chi connectivity index (χ3n) is 4.00. The Hall–Kier alpha value is -0.120. The van der Waals surface area contributed by atoms with E-state index in [0.29, 0.717) is 18.7 Å². The predicted octanol–water partition coefficient (Wildman–Crippen LogP) is 2.08. The molecule has 1 fully saturated rings. The third kappa shape index (κ3) is 4.04. The van der Waals surface area contributed by atoms with E-state index in [1.807, 2.05) is 13.8 Å². The number of hydrogen-bond acceptors (Lipinski definition) is 3. The van der Waals surface area contributed by atoms with Gasteiger partial charge in [0.1, 0.15) is 0 Å². The molecule has 0 heterocycles. The van der Waals surface area contributed by atoms with E-state index in [9.17, 15) is 5.11 Å². The molecule has 2 unspecified atom stereocenters. The van der Waals surface area contributed by atoms with E-state index in [0.717, 1.165) is 19.3 Å². The van der Waals surface area contributed by atoms with Crippen molar-refractivity contribution in [2.24, 2.45) is 0 Å². The molecular formula is C13H27NO2. The van der Waals surface area contributed by atoms with Gasteiger partial charge >= 0.3 is 0 Å². The van der Waals surface area contributed by atoms with Crippen LogP contribution in [0.25, 0.3) is 0 Å². The van der Waals surface area contributed by atoms with Crippen LogP contribution in [0.2, 0.25) is 0 Å². The van der Waals surface area contributed by atoms with E-state index in [2.05, 4.69) is 5.32 Å². The molecule has 1 aliphatic rings. The highest BCUT2D eigenvalue weighted by Gasteiger charge is 2.26. The number of hydrogen-bond donors (Lipinski definition) is 2. The minimum Gasteiger partial charge on any atom is -0.389 e. The first-order valence-corrected chi connectivity index (χ1v) is 6.62. The molecule has 1 rings (SSSR count). The number of ether oxygens (including phenoxy) is 1. The summed E-state index contributed by atoms with van der Waals surface area (Å²) in [4.78, 5) is 0. The van der Waals surface area contributed by atoms with Crippen molar-refractivity contribution in [2.75, 3.05) is 13.7 Å². The van der Waals surface area contributed by atoms with Crippen LogP contribution in [0.5, 0.6) is 0 Å². The number of nitrogens with one attached hydrogen (secondary N) is 1. The van der Waals surface area contributed by atoms with Crippen LogP contribution < -0.4 is 5.32 Å². The van der Waals surface area contributed by atoms with Crippen LogP contribution in [0.4, 0.5) is 0 Å². The second-order valence-corrected chi connectivity index (χ2v) is 5.03. The molecular weight excluding hydrogens is 202 g/mol. The maximum absolute atomic E-state index is 10.2. The number of aliphatic hydroxyl groups is 1. The quantitative estimate of drug-likeness (QED) is 0.733. The van der Waals surface area contributed by atoms with Gasteiger partial charge < -0.3 is 15.2 Å². The van der Waals surface area contributed by atoms with Crippen molar-refractivity contribution in [2.45, 2.75) is 70.1 Å². The van der Waals surface area contributed by atoms with E-state index in [1.165, 1.54) is 19.3 Å². The van der Waals surface area contributed by atoms with Crippen molar-refractivity contribution in [3.63, 3.8) is 0 Å². The standard InChI is InChI=1S/C13H27NO2/c1-4-13(15,5-2)10-14-11-7-6-8-12(9-11)16-3/h11-12,14-15H,4-10H2,1-3H3. The summed E-state index contributed by atoms with van der Waals surface area (Å²) in [5, 5.41) is 13.7. The minimum absolute atomic E-state index is 0.405. The van der Waals surface area contributed by atoms with Crippen LogP contribution in [-0.2, 0) is 4.74 Å². The Balaban J connectivity index is 2.31. The molecule has 2 N–H and O–H groups in total. The Kier molecular flexibility index (Phi) is 5.73. The number of methoxy groups -OCH3 is 1. The maximum atomic E-state index is 10.2. The molecule has 1 aliphatic carbocycles. The summed E-state index contributed by atoms with van der Waals surface area (Å²) < 4.78 is 5.40. The molecule has 0 saturated heterocycles. The summed E-state index contributed by atoms with van der Waals surface area (Å²) in [7, 11) is 1.79. The highest BCUT2D eigenvalue weighted by atomic mass is 16.5. The monoisotopic (exact) mass is 229 g/mol. The lowest BCUT2D eigenvalue weighted by Crippen LogP contribution is -2.46. The smallest absolute Gasteiger partial charge is 0.0766 e. The van der Waals surface area contributed by atoms with Gasteiger partial charge in [0, 0.05) is 19.7 Å². The van der Waals surface area contributed by atoms with E-state index in [1.54, 1.807) is 7.11 Å². The van der Waals surface area contributed by atoms with Gasteiger partial charge in [0.25, 0.3) is 0 Å². The van der Waals surface area contributed by atoms with Crippen LogP contribution in [0.1, 0.15) is 52.4 Å². The summed E-state index contributed by atoms with van der Waals surface area (Å²) in [6.07, 6.45) is 6.74. The van der Waals surface area contributed by atoms with Crippen molar-refractivity contribution in [1.29, 1.82) is 0 Å². The normalized spacial score (nSPS) is 27.0. The lowest BCUT2D eigenvalue weighted by molar-refractivity contribution is 0.0196. The zero-order chi connectivity index (χ0) is 12.0. The van der Waals surface area contributed by atoms with Gasteiger partial charge in [-0.3, -0.25) is 0 Å². The van der Waals surface area contributed by atoms with Gasteiger partial charge in [0.2, 0.25) is 0 Å². The lowest BCUT2D eigenvalue weighted by atomic mass is 9.91. The van der Waals surface area contributed by atoms with E-state index in [-0.39, 0.29) is 0 Å². The first kappa shape index (κ1) is 13.9. The highest BCUT2D eigenvalue weighted by Crippen LogP contribution is 2.21. The summed E-state index contributed by atoms with van der Waals surface area (Å²) in [6.45, 7) is 4.80. The molecule has 0 aromatic heterocycles. The van der Waals surface area contributed by atoms with Gasteiger partial charge in [-0.05, 0) is 38.5 Å². The van der Waals surface area contributed by atoms with E-state index >= 15 is 0 Å². The van der Waals surface area contributed by atoms with Crippen molar-refractivity contribution in [3.05, 3.63) is 0 Å². The van der Waals surface area contributed by atoms with Gasteiger partial charge in [-0.1, -0.05) is 13.8 Å². The molecule has 1 saturated carbocycles. The molecule has 0 amide bonds. The zero-order valence-corrected chi connectivity index (χ0v) is 11.0. The summed E-state index contributed by atoms with van der Waals surface area (Å²) >= 11 is 0. The average molecular weight is 229 g/mol. The molecule has 0 radical (unpaired) electrons. The van der Waals surface area contributed by atoms with Crippen LogP contribution in [-0.4, -0.2) is 36.5 Å². The van der Waals surface area contributed by atoms with Crippen LogP contribution >= 0.6 is 0 Å². The van der Waals surface area contributed by atoms with Crippen molar-refractivity contribution < 1.29 is 9.84 Å². The summed E-state index contributed by atoms with van der Waals surface area (Å²) in [5.74, 6) is 0. The van der Waals surface area contributed by atoms with Crippen LogP contribution in [0, 0.1) is 0 Å². The van der Waals surface area contributed by atoms with Crippen molar-refractivity contribution in [3.8, 4) is 0 Å². The molecule has 0 aromatic rings.